The van der Waals surface area contributed by atoms with Crippen molar-refractivity contribution in [2.24, 2.45) is 5.84 Å². The van der Waals surface area contributed by atoms with Gasteiger partial charge in [0.15, 0.2) is 0 Å². The number of rotatable bonds is 2. The maximum absolute atomic E-state index is 12.1. The van der Waals surface area contributed by atoms with Gasteiger partial charge in [0.05, 0.1) is 16.8 Å². The molecule has 3 N–H and O–H groups in total. The van der Waals surface area contributed by atoms with Crippen LogP contribution in [0, 0.1) is 6.92 Å². The SMILES string of the molecule is Cc1c(Cl)ccc2c(C(=O)NN)cc(-c3ccncc3)nc12. The average molecular weight is 313 g/mol. The molecular formula is C16H13ClN4O. The molecule has 2 heterocycles. The summed E-state index contributed by atoms with van der Waals surface area (Å²) in [6.07, 6.45) is 3.35. The van der Waals surface area contributed by atoms with Crippen LogP contribution < -0.4 is 11.3 Å². The number of nitrogens with one attached hydrogen (secondary N) is 1. The van der Waals surface area contributed by atoms with Gasteiger partial charge < -0.3 is 0 Å². The first-order valence-electron chi connectivity index (χ1n) is 6.63. The Kier molecular flexibility index (Phi) is 3.75. The molecule has 0 aliphatic heterocycles. The smallest absolute Gasteiger partial charge is 0.265 e. The number of nitrogens with two attached hydrogens (primary N) is 1. The van der Waals surface area contributed by atoms with Crippen molar-refractivity contribution in [3.63, 3.8) is 0 Å². The number of nitrogens with zero attached hydrogens (tertiary/aromatic N) is 2. The first kappa shape index (κ1) is 14.4. The predicted molar refractivity (Wildman–Crippen MR) is 86.4 cm³/mol. The van der Waals surface area contributed by atoms with Crippen LogP contribution in [-0.4, -0.2) is 15.9 Å². The molecule has 0 spiro atoms. The van der Waals surface area contributed by atoms with Crippen molar-refractivity contribution in [2.75, 3.05) is 0 Å². The molecule has 0 aliphatic rings. The number of benzene rings is 1. The summed E-state index contributed by atoms with van der Waals surface area (Å²) in [5.41, 5.74) is 5.66. The summed E-state index contributed by atoms with van der Waals surface area (Å²) in [7, 11) is 0. The van der Waals surface area contributed by atoms with Crippen molar-refractivity contribution in [1.29, 1.82) is 0 Å². The van der Waals surface area contributed by atoms with Crippen LogP contribution in [0.2, 0.25) is 5.02 Å². The third kappa shape index (κ3) is 2.41. The van der Waals surface area contributed by atoms with E-state index in [0.29, 0.717) is 27.2 Å². The maximum Gasteiger partial charge on any atom is 0.265 e. The fourth-order valence-electron chi connectivity index (χ4n) is 2.34. The Labute approximate surface area is 132 Å². The highest BCUT2D eigenvalue weighted by molar-refractivity contribution is 6.32. The van der Waals surface area contributed by atoms with E-state index in [-0.39, 0.29) is 5.91 Å². The highest BCUT2D eigenvalue weighted by Crippen LogP contribution is 2.29. The van der Waals surface area contributed by atoms with Crippen molar-refractivity contribution < 1.29 is 4.79 Å². The molecule has 5 nitrogen and oxygen atoms in total. The zero-order chi connectivity index (χ0) is 15.7. The van der Waals surface area contributed by atoms with Gasteiger partial charge in [-0.15, -0.1) is 0 Å². The zero-order valence-electron chi connectivity index (χ0n) is 11.8. The van der Waals surface area contributed by atoms with Crippen LogP contribution in [-0.2, 0) is 0 Å². The minimum absolute atomic E-state index is 0.371. The number of carbonyl (C=O) groups excluding carboxylic acids is 1. The highest BCUT2D eigenvalue weighted by atomic mass is 35.5. The van der Waals surface area contributed by atoms with E-state index in [1.54, 1.807) is 30.6 Å². The van der Waals surface area contributed by atoms with Gasteiger partial charge in [-0.05, 0) is 36.8 Å². The predicted octanol–water partition coefficient (Wildman–Crippen LogP) is 2.86. The third-order valence-electron chi connectivity index (χ3n) is 3.52. The average Bonchev–Trinajstić information content (AvgIpc) is 2.57. The molecule has 0 fully saturated rings. The Bertz CT molecular complexity index is 865. The molecule has 0 saturated heterocycles. The largest absolute Gasteiger partial charge is 0.290 e. The van der Waals surface area contributed by atoms with Crippen molar-refractivity contribution in [2.45, 2.75) is 6.92 Å². The number of aromatic nitrogens is 2. The fourth-order valence-corrected chi connectivity index (χ4v) is 2.49. The van der Waals surface area contributed by atoms with E-state index in [2.05, 4.69) is 15.4 Å². The van der Waals surface area contributed by atoms with Gasteiger partial charge in [0.25, 0.3) is 5.91 Å². The van der Waals surface area contributed by atoms with Gasteiger partial charge >= 0.3 is 0 Å². The van der Waals surface area contributed by atoms with Gasteiger partial charge in [0, 0.05) is 28.4 Å². The summed E-state index contributed by atoms with van der Waals surface area (Å²) in [4.78, 5) is 20.7. The van der Waals surface area contributed by atoms with E-state index in [1.807, 2.05) is 19.1 Å². The van der Waals surface area contributed by atoms with E-state index in [4.69, 9.17) is 17.4 Å². The van der Waals surface area contributed by atoms with Crippen molar-refractivity contribution >= 4 is 28.4 Å². The number of fused-ring (bicyclic) bond motifs is 1. The molecule has 0 saturated carbocycles. The van der Waals surface area contributed by atoms with Gasteiger partial charge in [-0.1, -0.05) is 17.7 Å². The molecule has 2 aromatic heterocycles. The first-order valence-corrected chi connectivity index (χ1v) is 7.01. The molecule has 22 heavy (non-hydrogen) atoms. The lowest BCUT2D eigenvalue weighted by Crippen LogP contribution is -2.30. The van der Waals surface area contributed by atoms with Crippen molar-refractivity contribution in [3.8, 4) is 11.3 Å². The normalized spacial score (nSPS) is 10.7. The second kappa shape index (κ2) is 5.71. The fraction of sp³-hybridized carbons (Fsp3) is 0.0625. The van der Waals surface area contributed by atoms with Gasteiger partial charge in [0.1, 0.15) is 0 Å². The number of pyridine rings is 2. The Morgan fingerprint density at radius 1 is 1.23 bits per heavy atom. The summed E-state index contributed by atoms with van der Waals surface area (Å²) < 4.78 is 0. The van der Waals surface area contributed by atoms with Gasteiger partial charge in [-0.3, -0.25) is 15.2 Å². The van der Waals surface area contributed by atoms with Crippen molar-refractivity contribution in [3.05, 3.63) is 58.9 Å². The lowest BCUT2D eigenvalue weighted by molar-refractivity contribution is 0.0955. The number of hydrazine groups is 1. The molecule has 0 aliphatic carbocycles. The quantitative estimate of drug-likeness (QED) is 0.433. The third-order valence-corrected chi connectivity index (χ3v) is 3.93. The molecule has 6 heteroatoms. The molecule has 1 amide bonds. The van der Waals surface area contributed by atoms with Gasteiger partial charge in [-0.2, -0.15) is 0 Å². The molecule has 110 valence electrons. The molecule has 0 radical (unpaired) electrons. The van der Waals surface area contributed by atoms with Crippen molar-refractivity contribution in [1.82, 2.24) is 15.4 Å². The Hall–Kier alpha value is -2.50. The minimum atomic E-state index is -0.371. The number of nitrogen functional groups attached to an aromatic ring is 1. The number of hydrogen-bond acceptors (Lipinski definition) is 4. The Morgan fingerprint density at radius 3 is 2.64 bits per heavy atom. The van der Waals surface area contributed by atoms with E-state index < -0.39 is 0 Å². The summed E-state index contributed by atoms with van der Waals surface area (Å²) in [6, 6.07) is 8.91. The second-order valence-corrected chi connectivity index (χ2v) is 5.24. The summed E-state index contributed by atoms with van der Waals surface area (Å²) in [5, 5.41) is 1.31. The Morgan fingerprint density at radius 2 is 1.95 bits per heavy atom. The van der Waals surface area contributed by atoms with E-state index >= 15 is 0 Å². The summed E-state index contributed by atoms with van der Waals surface area (Å²) >= 11 is 6.18. The molecule has 1 aromatic carbocycles. The maximum atomic E-state index is 12.1. The second-order valence-electron chi connectivity index (χ2n) is 4.83. The number of amides is 1. The van der Waals surface area contributed by atoms with E-state index in [0.717, 1.165) is 11.1 Å². The van der Waals surface area contributed by atoms with Crippen LogP contribution in [0.5, 0.6) is 0 Å². The van der Waals surface area contributed by atoms with E-state index in [9.17, 15) is 4.79 Å². The monoisotopic (exact) mass is 312 g/mol. The molecule has 3 rings (SSSR count). The lowest BCUT2D eigenvalue weighted by Gasteiger charge is -2.11. The first-order chi connectivity index (χ1) is 10.6. The molecule has 0 atom stereocenters. The van der Waals surface area contributed by atoms with Crippen LogP contribution in [0.3, 0.4) is 0 Å². The highest BCUT2D eigenvalue weighted by Gasteiger charge is 2.15. The number of hydrogen-bond donors (Lipinski definition) is 2. The van der Waals surface area contributed by atoms with Crippen LogP contribution in [0.15, 0.2) is 42.7 Å². The lowest BCUT2D eigenvalue weighted by atomic mass is 10.0. The number of halogens is 1. The topological polar surface area (TPSA) is 80.9 Å². The minimum Gasteiger partial charge on any atom is -0.290 e. The molecular weight excluding hydrogens is 300 g/mol. The molecule has 3 aromatic rings. The van der Waals surface area contributed by atoms with E-state index in [1.165, 1.54) is 0 Å². The van der Waals surface area contributed by atoms with Crippen LogP contribution in [0.1, 0.15) is 15.9 Å². The summed E-state index contributed by atoms with van der Waals surface area (Å²) in [5.74, 6) is 4.92. The van der Waals surface area contributed by atoms with Gasteiger partial charge in [0.2, 0.25) is 0 Å². The molecule has 0 unspecified atom stereocenters. The van der Waals surface area contributed by atoms with Gasteiger partial charge in [-0.25, -0.2) is 10.8 Å². The Balaban J connectivity index is 2.36. The number of carbonyl (C=O) groups is 1. The standard InChI is InChI=1S/C16H13ClN4O/c1-9-13(17)3-2-11-12(16(22)21-18)8-14(20-15(9)11)10-4-6-19-7-5-10/h2-8H,18H2,1H3,(H,21,22). The van der Waals surface area contributed by atoms with Crippen LogP contribution in [0.25, 0.3) is 22.2 Å². The summed E-state index contributed by atoms with van der Waals surface area (Å²) in [6.45, 7) is 1.87. The zero-order valence-corrected chi connectivity index (χ0v) is 12.6. The number of aryl methyl sites for hydroxylation is 1. The molecule has 0 bridgehead atoms. The van der Waals surface area contributed by atoms with Crippen LogP contribution >= 0.6 is 11.6 Å². The van der Waals surface area contributed by atoms with Crippen LogP contribution in [0.4, 0.5) is 0 Å².